The molecule has 0 amide bonds. The fraction of sp³-hybridized carbons (Fsp3) is 0.720. The lowest BCUT2D eigenvalue weighted by Crippen LogP contribution is -2.47. The largest absolute Gasteiger partial charge is 0.497 e. The molecule has 1 aliphatic heterocycles. The van der Waals surface area contributed by atoms with Crippen LogP contribution in [0.4, 0.5) is 5.69 Å². The van der Waals surface area contributed by atoms with Crippen LogP contribution in [0.1, 0.15) is 40.0 Å². The Kier molecular flexibility index (Phi) is 12.3. The van der Waals surface area contributed by atoms with Gasteiger partial charge in [0.05, 0.1) is 7.11 Å². The van der Waals surface area contributed by atoms with Gasteiger partial charge in [0, 0.05) is 51.5 Å². The maximum atomic E-state index is 5.26. The molecule has 0 saturated carbocycles. The number of nitrogens with zero attached hydrogens (tertiary/aromatic N) is 4. The van der Waals surface area contributed by atoms with Crippen molar-refractivity contribution in [2.45, 2.75) is 46.1 Å². The second kappa shape index (κ2) is 15.0. The molecule has 2 N–H and O–H groups in total. The topological polar surface area (TPSA) is 55.4 Å². The summed E-state index contributed by atoms with van der Waals surface area (Å²) in [6.45, 7) is 16.6. The van der Waals surface area contributed by atoms with Crippen LogP contribution in [0.15, 0.2) is 29.3 Å². The van der Waals surface area contributed by atoms with Gasteiger partial charge in [-0.05, 0) is 76.6 Å². The van der Waals surface area contributed by atoms with Gasteiger partial charge in [-0.3, -0.25) is 9.89 Å². The van der Waals surface area contributed by atoms with Crippen molar-refractivity contribution in [3.63, 3.8) is 0 Å². The van der Waals surface area contributed by atoms with Gasteiger partial charge in [0.15, 0.2) is 5.96 Å². The number of hydrogen-bond donors (Lipinski definition) is 2. The van der Waals surface area contributed by atoms with Crippen LogP contribution >= 0.6 is 0 Å². The summed E-state index contributed by atoms with van der Waals surface area (Å²) in [6.07, 6.45) is 3.50. The Bertz CT molecular complexity index is 638. The maximum absolute atomic E-state index is 5.26. The number of ether oxygens (including phenoxy) is 1. The fourth-order valence-electron chi connectivity index (χ4n) is 4.19. The lowest BCUT2D eigenvalue weighted by atomic mass is 10.2. The number of nitrogens with one attached hydrogen (secondary N) is 2. The minimum Gasteiger partial charge on any atom is -0.497 e. The molecule has 1 aromatic rings. The molecule has 7 nitrogen and oxygen atoms in total. The molecule has 1 heterocycles. The van der Waals surface area contributed by atoms with Gasteiger partial charge >= 0.3 is 0 Å². The first-order valence-electron chi connectivity index (χ1n) is 12.4. The van der Waals surface area contributed by atoms with Crippen LogP contribution in [0.25, 0.3) is 0 Å². The Morgan fingerprint density at radius 3 is 2.38 bits per heavy atom. The molecule has 0 radical (unpaired) electrons. The molecule has 1 unspecified atom stereocenters. The summed E-state index contributed by atoms with van der Waals surface area (Å²) in [5, 5.41) is 7.02. The Hall–Kier alpha value is -1.99. The second-order valence-electron chi connectivity index (χ2n) is 8.59. The van der Waals surface area contributed by atoms with E-state index in [9.17, 15) is 0 Å². The molecular formula is C25H46N6O. The van der Waals surface area contributed by atoms with Crippen molar-refractivity contribution >= 4 is 11.6 Å². The summed E-state index contributed by atoms with van der Waals surface area (Å²) in [5.74, 6) is 1.84. The summed E-state index contributed by atoms with van der Waals surface area (Å²) in [6, 6.07) is 8.83. The molecule has 0 aromatic heterocycles. The highest BCUT2D eigenvalue weighted by Gasteiger charge is 2.17. The van der Waals surface area contributed by atoms with Crippen molar-refractivity contribution in [2.24, 2.45) is 4.99 Å². The predicted octanol–water partition coefficient (Wildman–Crippen LogP) is 2.88. The van der Waals surface area contributed by atoms with E-state index < -0.39 is 0 Å². The summed E-state index contributed by atoms with van der Waals surface area (Å²) in [7, 11) is 3.57. The lowest BCUT2D eigenvalue weighted by Gasteiger charge is -2.36. The number of piperazine rings is 1. The highest BCUT2D eigenvalue weighted by molar-refractivity contribution is 5.79. The van der Waals surface area contributed by atoms with Crippen molar-refractivity contribution < 1.29 is 4.74 Å². The van der Waals surface area contributed by atoms with Gasteiger partial charge in [0.1, 0.15) is 5.75 Å². The van der Waals surface area contributed by atoms with Crippen LogP contribution in [-0.4, -0.2) is 94.9 Å². The Morgan fingerprint density at radius 2 is 1.78 bits per heavy atom. The van der Waals surface area contributed by atoms with E-state index >= 15 is 0 Å². The monoisotopic (exact) mass is 446 g/mol. The number of benzene rings is 1. The van der Waals surface area contributed by atoms with Crippen molar-refractivity contribution in [2.75, 3.05) is 78.0 Å². The van der Waals surface area contributed by atoms with Gasteiger partial charge in [-0.1, -0.05) is 13.8 Å². The third kappa shape index (κ3) is 9.25. The van der Waals surface area contributed by atoms with Crippen LogP contribution in [0, 0.1) is 0 Å². The molecule has 2 rings (SSSR count). The number of guanidine groups is 1. The fourth-order valence-corrected chi connectivity index (χ4v) is 4.19. The van der Waals surface area contributed by atoms with E-state index in [1.165, 1.54) is 18.7 Å². The third-order valence-electron chi connectivity index (χ3n) is 6.37. The molecule has 1 saturated heterocycles. The zero-order valence-electron chi connectivity index (χ0n) is 21.1. The maximum Gasteiger partial charge on any atom is 0.191 e. The quantitative estimate of drug-likeness (QED) is 0.276. The van der Waals surface area contributed by atoms with Crippen molar-refractivity contribution in [1.29, 1.82) is 0 Å². The third-order valence-corrected chi connectivity index (χ3v) is 6.37. The lowest BCUT2D eigenvalue weighted by molar-refractivity contribution is 0.255. The Balaban J connectivity index is 1.58. The molecule has 1 atom stereocenters. The number of methoxy groups -OCH3 is 1. The second-order valence-corrected chi connectivity index (χ2v) is 8.59. The number of anilines is 1. The number of aliphatic imine (C=N–C) groups is 1. The van der Waals surface area contributed by atoms with E-state index in [0.717, 1.165) is 76.9 Å². The van der Waals surface area contributed by atoms with Crippen LogP contribution in [0.3, 0.4) is 0 Å². The molecule has 0 aliphatic carbocycles. The molecule has 182 valence electrons. The van der Waals surface area contributed by atoms with E-state index in [2.05, 4.69) is 63.2 Å². The molecule has 0 bridgehead atoms. The normalized spacial score (nSPS) is 16.3. The van der Waals surface area contributed by atoms with E-state index in [-0.39, 0.29) is 0 Å². The Labute approximate surface area is 196 Å². The highest BCUT2D eigenvalue weighted by Crippen LogP contribution is 2.20. The van der Waals surface area contributed by atoms with Gasteiger partial charge in [-0.25, -0.2) is 0 Å². The summed E-state index contributed by atoms with van der Waals surface area (Å²) >= 11 is 0. The van der Waals surface area contributed by atoms with Gasteiger partial charge in [0.25, 0.3) is 0 Å². The van der Waals surface area contributed by atoms with Gasteiger partial charge < -0.3 is 25.2 Å². The molecule has 1 aromatic carbocycles. The number of rotatable bonds is 13. The van der Waals surface area contributed by atoms with Gasteiger partial charge in [0.2, 0.25) is 0 Å². The van der Waals surface area contributed by atoms with E-state index in [1.807, 2.05) is 19.2 Å². The minimum absolute atomic E-state index is 0.433. The standard InChI is InChI=1S/C25H46N6O/c1-6-29(7-2)16-8-10-22(3)28-25(26-4)27-15-9-17-30-18-20-31(21-19-30)23-11-13-24(32-5)14-12-23/h11-14,22H,6-10,15-21H2,1-5H3,(H2,26,27,28). The average molecular weight is 447 g/mol. The van der Waals surface area contributed by atoms with Gasteiger partial charge in [-0.15, -0.1) is 0 Å². The molecule has 0 spiro atoms. The van der Waals surface area contributed by atoms with Crippen LogP contribution < -0.4 is 20.3 Å². The Morgan fingerprint density at radius 1 is 1.09 bits per heavy atom. The first-order valence-corrected chi connectivity index (χ1v) is 12.4. The predicted molar refractivity (Wildman–Crippen MR) is 137 cm³/mol. The first-order chi connectivity index (χ1) is 15.6. The minimum atomic E-state index is 0.433. The summed E-state index contributed by atoms with van der Waals surface area (Å²) in [5.41, 5.74) is 1.29. The van der Waals surface area contributed by atoms with Gasteiger partial charge in [-0.2, -0.15) is 0 Å². The summed E-state index contributed by atoms with van der Waals surface area (Å²) < 4.78 is 5.26. The molecule has 1 aliphatic rings. The highest BCUT2D eigenvalue weighted by atomic mass is 16.5. The van der Waals surface area contributed by atoms with Crippen molar-refractivity contribution in [3.05, 3.63) is 24.3 Å². The first kappa shape index (κ1) is 26.3. The molecule has 32 heavy (non-hydrogen) atoms. The van der Waals surface area contributed by atoms with Crippen LogP contribution in [0.2, 0.25) is 0 Å². The van der Waals surface area contributed by atoms with E-state index in [0.29, 0.717) is 6.04 Å². The van der Waals surface area contributed by atoms with E-state index in [4.69, 9.17) is 4.74 Å². The molecule has 7 heteroatoms. The number of hydrogen-bond acceptors (Lipinski definition) is 5. The summed E-state index contributed by atoms with van der Waals surface area (Å²) in [4.78, 5) is 11.9. The van der Waals surface area contributed by atoms with Crippen LogP contribution in [-0.2, 0) is 0 Å². The van der Waals surface area contributed by atoms with E-state index in [1.54, 1.807) is 7.11 Å². The van der Waals surface area contributed by atoms with Crippen molar-refractivity contribution in [3.8, 4) is 5.75 Å². The molecular weight excluding hydrogens is 400 g/mol. The molecule has 1 fully saturated rings. The zero-order chi connectivity index (χ0) is 23.2. The SMILES string of the molecule is CCN(CC)CCCC(C)NC(=NC)NCCCN1CCN(c2ccc(OC)cc2)CC1. The average Bonchev–Trinajstić information content (AvgIpc) is 2.84. The smallest absolute Gasteiger partial charge is 0.191 e. The van der Waals surface area contributed by atoms with Crippen molar-refractivity contribution in [1.82, 2.24) is 20.4 Å². The van der Waals surface area contributed by atoms with Crippen LogP contribution in [0.5, 0.6) is 5.75 Å². The zero-order valence-corrected chi connectivity index (χ0v) is 21.1.